The maximum Gasteiger partial charge on any atom is 0.265 e. The van der Waals surface area contributed by atoms with Crippen LogP contribution in [0.15, 0.2) is 22.0 Å². The molecule has 100 valence electrons. The summed E-state index contributed by atoms with van der Waals surface area (Å²) in [5.74, 6) is -0.0882. The third-order valence-corrected chi connectivity index (χ3v) is 5.01. The van der Waals surface area contributed by atoms with E-state index in [0.717, 1.165) is 26.2 Å². The van der Waals surface area contributed by atoms with Gasteiger partial charge in [-0.1, -0.05) is 0 Å². The van der Waals surface area contributed by atoms with Crippen molar-refractivity contribution in [1.82, 2.24) is 0 Å². The van der Waals surface area contributed by atoms with Crippen LogP contribution < -0.4 is 11.1 Å². The lowest BCUT2D eigenvalue weighted by Gasteiger charge is -2.11. The number of nitrogen functional groups attached to an aromatic ring is 1. The van der Waals surface area contributed by atoms with E-state index < -0.39 is 0 Å². The second-order valence-electron chi connectivity index (χ2n) is 4.55. The van der Waals surface area contributed by atoms with E-state index >= 15 is 0 Å². The molecule has 0 spiro atoms. The minimum Gasteiger partial charge on any atom is -0.399 e. The molecule has 2 rings (SSSR count). The maximum atomic E-state index is 12.2. The van der Waals surface area contributed by atoms with Crippen LogP contribution in [-0.2, 0) is 0 Å². The molecule has 0 aliphatic heterocycles. The van der Waals surface area contributed by atoms with Gasteiger partial charge in [0.2, 0.25) is 0 Å². The summed E-state index contributed by atoms with van der Waals surface area (Å²) < 4.78 is 0.989. The predicted molar refractivity (Wildman–Crippen MR) is 85.0 cm³/mol. The number of aryl methyl sites for hydroxylation is 3. The van der Waals surface area contributed by atoms with Gasteiger partial charge in [-0.2, -0.15) is 0 Å². The summed E-state index contributed by atoms with van der Waals surface area (Å²) >= 11 is 4.87. The van der Waals surface area contributed by atoms with Crippen LogP contribution in [0, 0.1) is 20.8 Å². The van der Waals surface area contributed by atoms with Crippen LogP contribution in [0.3, 0.4) is 0 Å². The highest BCUT2D eigenvalue weighted by molar-refractivity contribution is 9.11. The van der Waals surface area contributed by atoms with Gasteiger partial charge in [-0.05, 0) is 71.6 Å². The van der Waals surface area contributed by atoms with Crippen molar-refractivity contribution in [2.24, 2.45) is 0 Å². The molecule has 1 aromatic heterocycles. The number of hydrogen-bond donors (Lipinski definition) is 2. The second-order valence-corrected chi connectivity index (χ2v) is 6.92. The third-order valence-electron chi connectivity index (χ3n) is 2.87. The monoisotopic (exact) mass is 338 g/mol. The number of anilines is 2. The van der Waals surface area contributed by atoms with Crippen LogP contribution in [0.4, 0.5) is 11.4 Å². The quantitative estimate of drug-likeness (QED) is 0.803. The highest BCUT2D eigenvalue weighted by Crippen LogP contribution is 2.29. The number of halogens is 1. The smallest absolute Gasteiger partial charge is 0.265 e. The number of nitrogens with two attached hydrogens (primary N) is 1. The first-order chi connectivity index (χ1) is 8.88. The molecule has 0 saturated carbocycles. The summed E-state index contributed by atoms with van der Waals surface area (Å²) in [6.45, 7) is 5.85. The fourth-order valence-corrected chi connectivity index (χ4v) is 3.37. The average molecular weight is 339 g/mol. The molecular formula is C14H15BrN2OS. The number of nitrogens with one attached hydrogen (secondary N) is 1. The van der Waals surface area contributed by atoms with Crippen molar-refractivity contribution >= 4 is 44.5 Å². The summed E-state index contributed by atoms with van der Waals surface area (Å²) in [6.07, 6.45) is 0. The number of thiophene rings is 1. The van der Waals surface area contributed by atoms with Gasteiger partial charge in [0, 0.05) is 11.4 Å². The Morgan fingerprint density at radius 1 is 1.16 bits per heavy atom. The molecule has 2 aromatic rings. The maximum absolute atomic E-state index is 12.2. The zero-order valence-electron chi connectivity index (χ0n) is 11.0. The fourth-order valence-electron chi connectivity index (χ4n) is 1.94. The number of carbonyl (C=O) groups is 1. The normalized spacial score (nSPS) is 10.5. The molecule has 0 bridgehead atoms. The first-order valence-electron chi connectivity index (χ1n) is 5.82. The van der Waals surface area contributed by atoms with Crippen LogP contribution in [0.1, 0.15) is 26.4 Å². The molecule has 0 unspecified atom stereocenters. The van der Waals surface area contributed by atoms with E-state index in [1.807, 2.05) is 39.0 Å². The van der Waals surface area contributed by atoms with Crippen LogP contribution in [0.25, 0.3) is 0 Å². The molecule has 1 amide bonds. The van der Waals surface area contributed by atoms with Gasteiger partial charge < -0.3 is 11.1 Å². The van der Waals surface area contributed by atoms with E-state index in [4.69, 9.17) is 5.73 Å². The molecule has 0 aliphatic carbocycles. The molecule has 1 heterocycles. The molecule has 0 aliphatic rings. The van der Waals surface area contributed by atoms with Gasteiger partial charge in [-0.25, -0.2) is 0 Å². The van der Waals surface area contributed by atoms with Crippen LogP contribution >= 0.6 is 27.3 Å². The van der Waals surface area contributed by atoms with Gasteiger partial charge in [-0.15, -0.1) is 11.3 Å². The zero-order valence-corrected chi connectivity index (χ0v) is 13.4. The summed E-state index contributed by atoms with van der Waals surface area (Å²) in [5, 5.41) is 2.96. The second kappa shape index (κ2) is 5.35. The summed E-state index contributed by atoms with van der Waals surface area (Å²) in [4.78, 5) is 12.9. The molecule has 19 heavy (non-hydrogen) atoms. The van der Waals surface area contributed by atoms with Gasteiger partial charge in [0.25, 0.3) is 5.91 Å². The lowest BCUT2D eigenvalue weighted by atomic mass is 10.1. The third kappa shape index (κ3) is 2.98. The molecule has 0 atom stereocenters. The molecule has 5 heteroatoms. The Morgan fingerprint density at radius 3 is 2.21 bits per heavy atom. The Bertz CT molecular complexity index is 606. The van der Waals surface area contributed by atoms with Gasteiger partial charge in [-0.3, -0.25) is 4.79 Å². The molecule has 0 saturated heterocycles. The first-order valence-corrected chi connectivity index (χ1v) is 7.43. The highest BCUT2D eigenvalue weighted by atomic mass is 79.9. The summed E-state index contributed by atoms with van der Waals surface area (Å²) in [7, 11) is 0. The Labute approximate surface area is 125 Å². The van der Waals surface area contributed by atoms with E-state index in [-0.39, 0.29) is 5.91 Å². The van der Waals surface area contributed by atoms with Crippen molar-refractivity contribution in [2.45, 2.75) is 20.8 Å². The molecule has 3 N–H and O–H groups in total. The SMILES string of the molecule is Cc1cc(C(=O)Nc2c(C)cc(N)cc2C)sc1Br. The van der Waals surface area contributed by atoms with Crippen LogP contribution in [-0.4, -0.2) is 5.91 Å². The van der Waals surface area contributed by atoms with E-state index in [1.165, 1.54) is 11.3 Å². The number of benzene rings is 1. The van der Waals surface area contributed by atoms with Crippen molar-refractivity contribution in [3.63, 3.8) is 0 Å². The summed E-state index contributed by atoms with van der Waals surface area (Å²) in [5.41, 5.74) is 10.3. The zero-order chi connectivity index (χ0) is 14.2. The standard InChI is InChI=1S/C14H15BrN2OS/c1-7-4-10(16)5-8(2)12(7)17-14(18)11-6-9(3)13(15)19-11/h4-6H,16H2,1-3H3,(H,17,18). The predicted octanol–water partition coefficient (Wildman–Crippen LogP) is 4.27. The lowest BCUT2D eigenvalue weighted by molar-refractivity contribution is 0.103. The van der Waals surface area contributed by atoms with E-state index in [2.05, 4.69) is 21.2 Å². The first kappa shape index (κ1) is 14.1. The number of carbonyl (C=O) groups excluding carboxylic acids is 1. The van der Waals surface area contributed by atoms with Crippen LogP contribution in [0.2, 0.25) is 0 Å². The fraction of sp³-hybridized carbons (Fsp3) is 0.214. The van der Waals surface area contributed by atoms with E-state index in [9.17, 15) is 4.79 Å². The Hall–Kier alpha value is -1.33. The van der Waals surface area contributed by atoms with Crippen molar-refractivity contribution < 1.29 is 4.79 Å². The molecule has 1 aromatic carbocycles. The highest BCUT2D eigenvalue weighted by Gasteiger charge is 2.13. The minimum atomic E-state index is -0.0882. The van der Waals surface area contributed by atoms with Crippen molar-refractivity contribution in [3.8, 4) is 0 Å². The van der Waals surface area contributed by atoms with Crippen molar-refractivity contribution in [1.29, 1.82) is 0 Å². The molecule has 3 nitrogen and oxygen atoms in total. The van der Waals surface area contributed by atoms with Gasteiger partial charge in [0.05, 0.1) is 8.66 Å². The minimum absolute atomic E-state index is 0.0882. The largest absolute Gasteiger partial charge is 0.399 e. The Kier molecular flexibility index (Phi) is 3.96. The van der Waals surface area contributed by atoms with E-state index in [1.54, 1.807) is 0 Å². The van der Waals surface area contributed by atoms with Crippen molar-refractivity contribution in [2.75, 3.05) is 11.1 Å². The van der Waals surface area contributed by atoms with Gasteiger partial charge in [0.15, 0.2) is 0 Å². The van der Waals surface area contributed by atoms with Gasteiger partial charge >= 0.3 is 0 Å². The Morgan fingerprint density at radius 2 is 1.74 bits per heavy atom. The molecule has 0 radical (unpaired) electrons. The summed E-state index contributed by atoms with van der Waals surface area (Å²) in [6, 6.07) is 5.60. The Balaban J connectivity index is 2.29. The molecule has 0 fully saturated rings. The topological polar surface area (TPSA) is 55.1 Å². The van der Waals surface area contributed by atoms with E-state index in [0.29, 0.717) is 10.6 Å². The molecular weight excluding hydrogens is 324 g/mol. The number of rotatable bonds is 2. The lowest BCUT2D eigenvalue weighted by Crippen LogP contribution is -2.12. The average Bonchev–Trinajstić information content (AvgIpc) is 2.64. The van der Waals surface area contributed by atoms with Gasteiger partial charge in [0.1, 0.15) is 0 Å². The number of amides is 1. The van der Waals surface area contributed by atoms with Crippen molar-refractivity contribution in [3.05, 3.63) is 43.6 Å². The van der Waals surface area contributed by atoms with Crippen LogP contribution in [0.5, 0.6) is 0 Å². The number of hydrogen-bond acceptors (Lipinski definition) is 3.